The minimum Gasteiger partial charge on any atom is -0.383 e. The van der Waals surface area contributed by atoms with E-state index in [2.05, 4.69) is 16.9 Å². The summed E-state index contributed by atoms with van der Waals surface area (Å²) in [4.78, 5) is 11.4. The Morgan fingerprint density at radius 3 is 2.80 bits per heavy atom. The number of nitrogens with one attached hydrogen (secondary N) is 2. The fourth-order valence-corrected chi connectivity index (χ4v) is 1.49. The van der Waals surface area contributed by atoms with Crippen molar-refractivity contribution in [1.29, 1.82) is 0 Å². The van der Waals surface area contributed by atoms with Gasteiger partial charge in [-0.05, 0) is 31.9 Å². The number of ether oxygens (including phenoxy) is 1. The highest BCUT2D eigenvalue weighted by molar-refractivity contribution is 7.98. The van der Waals surface area contributed by atoms with Gasteiger partial charge in [0.2, 0.25) is 5.91 Å². The maximum absolute atomic E-state index is 11.4. The van der Waals surface area contributed by atoms with Gasteiger partial charge in [0.15, 0.2) is 0 Å². The van der Waals surface area contributed by atoms with Gasteiger partial charge < -0.3 is 15.4 Å². The van der Waals surface area contributed by atoms with Gasteiger partial charge in [-0.25, -0.2) is 0 Å². The van der Waals surface area contributed by atoms with E-state index < -0.39 is 0 Å². The predicted octanol–water partition coefficient (Wildman–Crippen LogP) is 0.480. The molecule has 0 heterocycles. The number of carbonyl (C=O) groups excluding carboxylic acids is 1. The second-order valence-corrected chi connectivity index (χ2v) is 4.29. The second-order valence-electron chi connectivity index (χ2n) is 3.31. The molecule has 0 spiro atoms. The van der Waals surface area contributed by atoms with Crippen LogP contribution in [0, 0.1) is 0 Å². The molecular weight excluding hydrogens is 212 g/mol. The maximum atomic E-state index is 11.4. The number of amides is 1. The number of carbonyl (C=O) groups is 1. The molecule has 0 saturated carbocycles. The van der Waals surface area contributed by atoms with E-state index >= 15 is 0 Å². The first-order chi connectivity index (χ1) is 7.22. The van der Waals surface area contributed by atoms with E-state index in [0.29, 0.717) is 13.2 Å². The Balaban J connectivity index is 3.42. The molecule has 0 bridgehead atoms. The number of hydrogen-bond acceptors (Lipinski definition) is 4. The topological polar surface area (TPSA) is 50.4 Å². The third-order valence-corrected chi connectivity index (χ3v) is 2.67. The molecule has 0 radical (unpaired) electrons. The number of thioether (sulfide) groups is 1. The van der Waals surface area contributed by atoms with Crippen molar-refractivity contribution in [3.8, 4) is 0 Å². The molecule has 1 amide bonds. The molecule has 0 saturated heterocycles. The Morgan fingerprint density at radius 2 is 2.20 bits per heavy atom. The number of rotatable bonds is 9. The van der Waals surface area contributed by atoms with E-state index in [1.54, 1.807) is 7.11 Å². The molecule has 0 aliphatic carbocycles. The van der Waals surface area contributed by atoms with Crippen LogP contribution in [-0.4, -0.2) is 50.8 Å². The first-order valence-corrected chi connectivity index (χ1v) is 6.60. The second kappa shape index (κ2) is 10.3. The van der Waals surface area contributed by atoms with Gasteiger partial charge in [-0.15, -0.1) is 0 Å². The molecule has 90 valence electrons. The summed E-state index contributed by atoms with van der Waals surface area (Å²) in [5, 5.41) is 5.97. The van der Waals surface area contributed by atoms with Crippen LogP contribution in [0.15, 0.2) is 0 Å². The molecule has 4 nitrogen and oxygen atoms in total. The monoisotopic (exact) mass is 234 g/mol. The van der Waals surface area contributed by atoms with Crippen molar-refractivity contribution in [2.75, 3.05) is 38.8 Å². The zero-order valence-corrected chi connectivity index (χ0v) is 10.7. The summed E-state index contributed by atoms with van der Waals surface area (Å²) >= 11 is 1.82. The molecule has 0 aliphatic heterocycles. The van der Waals surface area contributed by atoms with Crippen LogP contribution in [-0.2, 0) is 9.53 Å². The number of hydrogen-bond donors (Lipinski definition) is 2. The van der Waals surface area contributed by atoms with Crippen molar-refractivity contribution in [3.05, 3.63) is 0 Å². The standard InChI is InChI=1S/C10H22N2O2S/c1-9(11-5-4-8-15-3)10(13)12-6-7-14-2/h9,11H,4-8H2,1-3H3,(H,12,13). The lowest BCUT2D eigenvalue weighted by atomic mass is 10.3. The zero-order chi connectivity index (χ0) is 11.5. The molecule has 5 heteroatoms. The minimum absolute atomic E-state index is 0.0381. The van der Waals surface area contributed by atoms with Gasteiger partial charge in [-0.2, -0.15) is 11.8 Å². The Morgan fingerprint density at radius 1 is 1.47 bits per heavy atom. The van der Waals surface area contributed by atoms with Crippen LogP contribution < -0.4 is 10.6 Å². The quantitative estimate of drug-likeness (QED) is 0.570. The average molecular weight is 234 g/mol. The molecule has 0 aliphatic rings. The van der Waals surface area contributed by atoms with Crippen LogP contribution >= 0.6 is 11.8 Å². The molecule has 2 N–H and O–H groups in total. The van der Waals surface area contributed by atoms with E-state index in [4.69, 9.17) is 4.74 Å². The summed E-state index contributed by atoms with van der Waals surface area (Å²) in [5.74, 6) is 1.17. The summed E-state index contributed by atoms with van der Waals surface area (Å²) < 4.78 is 4.85. The summed E-state index contributed by atoms with van der Waals surface area (Å²) in [5.41, 5.74) is 0. The normalized spacial score (nSPS) is 12.5. The van der Waals surface area contributed by atoms with Crippen molar-refractivity contribution in [1.82, 2.24) is 10.6 Å². The summed E-state index contributed by atoms with van der Waals surface area (Å²) in [6, 6.07) is -0.122. The van der Waals surface area contributed by atoms with Crippen LogP contribution in [0.25, 0.3) is 0 Å². The first kappa shape index (κ1) is 14.7. The lowest BCUT2D eigenvalue weighted by Crippen LogP contribution is -2.43. The molecule has 0 fully saturated rings. The van der Waals surface area contributed by atoms with Gasteiger partial charge in [-0.3, -0.25) is 4.79 Å². The molecule has 1 unspecified atom stereocenters. The van der Waals surface area contributed by atoms with Crippen molar-refractivity contribution in [2.45, 2.75) is 19.4 Å². The summed E-state index contributed by atoms with van der Waals surface area (Å²) in [6.07, 6.45) is 3.18. The van der Waals surface area contributed by atoms with Crippen LogP contribution in [0.3, 0.4) is 0 Å². The number of methoxy groups -OCH3 is 1. The third kappa shape index (κ3) is 8.72. The van der Waals surface area contributed by atoms with Gasteiger partial charge in [0.25, 0.3) is 0 Å². The smallest absolute Gasteiger partial charge is 0.236 e. The predicted molar refractivity (Wildman–Crippen MR) is 65.3 cm³/mol. The van der Waals surface area contributed by atoms with Crippen LogP contribution in [0.1, 0.15) is 13.3 Å². The van der Waals surface area contributed by atoms with Gasteiger partial charge in [0.1, 0.15) is 0 Å². The summed E-state index contributed by atoms with van der Waals surface area (Å²) in [6.45, 7) is 3.90. The van der Waals surface area contributed by atoms with E-state index in [-0.39, 0.29) is 11.9 Å². The third-order valence-electron chi connectivity index (χ3n) is 1.97. The van der Waals surface area contributed by atoms with Gasteiger partial charge in [0.05, 0.1) is 12.6 Å². The van der Waals surface area contributed by atoms with Crippen LogP contribution in [0.4, 0.5) is 0 Å². The maximum Gasteiger partial charge on any atom is 0.236 e. The molecular formula is C10H22N2O2S. The van der Waals surface area contributed by atoms with Crippen molar-refractivity contribution in [3.63, 3.8) is 0 Å². The first-order valence-electron chi connectivity index (χ1n) is 5.21. The Bertz CT molecular complexity index is 168. The SMILES string of the molecule is COCCNC(=O)C(C)NCCCSC. The van der Waals surface area contributed by atoms with E-state index in [0.717, 1.165) is 18.7 Å². The van der Waals surface area contributed by atoms with Gasteiger partial charge in [-0.1, -0.05) is 0 Å². The largest absolute Gasteiger partial charge is 0.383 e. The fraction of sp³-hybridized carbons (Fsp3) is 0.900. The highest BCUT2D eigenvalue weighted by Gasteiger charge is 2.10. The molecule has 0 aromatic heterocycles. The lowest BCUT2D eigenvalue weighted by Gasteiger charge is -2.13. The molecule has 0 aromatic carbocycles. The van der Waals surface area contributed by atoms with E-state index in [1.807, 2.05) is 18.7 Å². The van der Waals surface area contributed by atoms with Crippen molar-refractivity contribution in [2.24, 2.45) is 0 Å². The van der Waals surface area contributed by atoms with Crippen LogP contribution in [0.5, 0.6) is 0 Å². The molecule has 0 rings (SSSR count). The molecule has 15 heavy (non-hydrogen) atoms. The zero-order valence-electron chi connectivity index (χ0n) is 9.84. The average Bonchev–Trinajstić information content (AvgIpc) is 2.24. The van der Waals surface area contributed by atoms with E-state index in [1.165, 1.54) is 0 Å². The fourth-order valence-electron chi connectivity index (χ4n) is 1.06. The highest BCUT2D eigenvalue weighted by Crippen LogP contribution is 1.94. The Hall–Kier alpha value is -0.260. The minimum atomic E-state index is -0.122. The Labute approximate surface area is 96.5 Å². The van der Waals surface area contributed by atoms with Gasteiger partial charge >= 0.3 is 0 Å². The Kier molecular flexibility index (Phi) is 10.1. The summed E-state index contributed by atoms with van der Waals surface area (Å²) in [7, 11) is 1.62. The van der Waals surface area contributed by atoms with Crippen molar-refractivity contribution >= 4 is 17.7 Å². The highest BCUT2D eigenvalue weighted by atomic mass is 32.2. The molecule has 1 atom stereocenters. The van der Waals surface area contributed by atoms with Crippen molar-refractivity contribution < 1.29 is 9.53 Å². The lowest BCUT2D eigenvalue weighted by molar-refractivity contribution is -0.122. The van der Waals surface area contributed by atoms with E-state index in [9.17, 15) is 4.79 Å². The van der Waals surface area contributed by atoms with Gasteiger partial charge in [0, 0.05) is 13.7 Å². The molecule has 0 aromatic rings. The van der Waals surface area contributed by atoms with Crippen LogP contribution in [0.2, 0.25) is 0 Å².